The van der Waals surface area contributed by atoms with E-state index >= 15 is 0 Å². The van der Waals surface area contributed by atoms with Crippen LogP contribution < -0.4 is 5.32 Å². The Bertz CT molecular complexity index is 806. The number of fused-ring (bicyclic) bond motifs is 3. The molecule has 156 valence electrons. The van der Waals surface area contributed by atoms with Crippen molar-refractivity contribution >= 4 is 5.91 Å². The van der Waals surface area contributed by atoms with Crippen molar-refractivity contribution < 1.29 is 9.18 Å². The number of alkyl halides is 1. The van der Waals surface area contributed by atoms with Gasteiger partial charge < -0.3 is 10.2 Å². The van der Waals surface area contributed by atoms with Crippen LogP contribution in [-0.4, -0.2) is 43.2 Å². The molecule has 3 aliphatic heterocycles. The average molecular weight is 397 g/mol. The van der Waals surface area contributed by atoms with Crippen molar-refractivity contribution in [3.63, 3.8) is 0 Å². The van der Waals surface area contributed by atoms with Crippen LogP contribution in [0.2, 0.25) is 0 Å². The maximum atomic E-state index is 14.5. The fraction of sp³-hybridized carbons (Fsp3) is 0.720. The highest BCUT2D eigenvalue weighted by Crippen LogP contribution is 2.70. The Morgan fingerprint density at radius 2 is 1.86 bits per heavy atom. The van der Waals surface area contributed by atoms with E-state index in [2.05, 4.69) is 40.5 Å². The molecule has 6 bridgehead atoms. The normalized spacial score (nSPS) is 47.3. The first kappa shape index (κ1) is 18.4. The zero-order valence-corrected chi connectivity index (χ0v) is 17.3. The minimum Gasteiger partial charge on any atom is -0.351 e. The zero-order chi connectivity index (χ0) is 19.7. The minimum atomic E-state index is -0.368. The Balaban J connectivity index is 1.33. The molecular formula is C25H33FN2O. The number of hydrogen-bond acceptors (Lipinski definition) is 2. The number of amides is 1. The predicted molar refractivity (Wildman–Crippen MR) is 111 cm³/mol. The van der Waals surface area contributed by atoms with Gasteiger partial charge in [0.1, 0.15) is 0 Å². The van der Waals surface area contributed by atoms with Gasteiger partial charge in [0.15, 0.2) is 0 Å². The summed E-state index contributed by atoms with van der Waals surface area (Å²) in [6.07, 6.45) is 8.10. The molecule has 5 atom stereocenters. The number of benzene rings is 1. The lowest BCUT2D eigenvalue weighted by Gasteiger charge is -2.65. The predicted octanol–water partition coefficient (Wildman–Crippen LogP) is 4.07. The molecule has 8 rings (SSSR count). The molecule has 1 N–H and O–H groups in total. The summed E-state index contributed by atoms with van der Waals surface area (Å²) in [6.45, 7) is 3.11. The van der Waals surface area contributed by atoms with E-state index in [0.29, 0.717) is 17.9 Å². The minimum absolute atomic E-state index is 0.0147. The van der Waals surface area contributed by atoms with Gasteiger partial charge in [0.25, 0.3) is 0 Å². The Labute approximate surface area is 173 Å². The van der Waals surface area contributed by atoms with Crippen molar-refractivity contribution in [1.29, 1.82) is 0 Å². The molecule has 3 nitrogen and oxygen atoms in total. The summed E-state index contributed by atoms with van der Waals surface area (Å²) in [6, 6.07) is 11.0. The van der Waals surface area contributed by atoms with Crippen molar-refractivity contribution in [3.05, 3.63) is 35.9 Å². The first-order valence-electron chi connectivity index (χ1n) is 11.7. The highest BCUT2D eigenvalue weighted by atomic mass is 19.1. The maximum Gasteiger partial charge on any atom is 0.226 e. The van der Waals surface area contributed by atoms with Gasteiger partial charge in [0, 0.05) is 18.0 Å². The molecule has 3 heterocycles. The number of nitrogens with zero attached hydrogens (tertiary/aromatic N) is 1. The Hall–Kier alpha value is -1.42. The van der Waals surface area contributed by atoms with Crippen LogP contribution in [0, 0.1) is 22.7 Å². The lowest BCUT2D eigenvalue weighted by Crippen LogP contribution is -2.65. The lowest BCUT2D eigenvalue weighted by molar-refractivity contribution is -0.166. The quantitative estimate of drug-likeness (QED) is 0.832. The molecule has 4 aliphatic carbocycles. The van der Waals surface area contributed by atoms with E-state index in [4.69, 9.17) is 0 Å². The summed E-state index contributed by atoms with van der Waals surface area (Å²) in [5.41, 5.74) is 0.663. The Morgan fingerprint density at radius 3 is 2.55 bits per heavy atom. The van der Waals surface area contributed by atoms with Crippen LogP contribution in [0.4, 0.5) is 4.39 Å². The van der Waals surface area contributed by atoms with Crippen molar-refractivity contribution in [1.82, 2.24) is 10.2 Å². The molecule has 0 radical (unpaired) electrons. The second kappa shape index (κ2) is 6.29. The summed E-state index contributed by atoms with van der Waals surface area (Å²) in [4.78, 5) is 16.3. The molecule has 0 spiro atoms. The average Bonchev–Trinajstić information content (AvgIpc) is 2.74. The second-order valence-corrected chi connectivity index (χ2v) is 11.3. The van der Waals surface area contributed by atoms with Crippen molar-refractivity contribution in [2.75, 3.05) is 26.3 Å². The van der Waals surface area contributed by atoms with Gasteiger partial charge in [0.2, 0.25) is 5.91 Å². The SMILES string of the molecule is O=C(N[C@H]1CN2CCC1CC2)C12CC3C[C@](CF)(C1)C[C@@](c1ccccc1)(C3)C2. The molecule has 29 heavy (non-hydrogen) atoms. The number of carbonyl (C=O) groups excluding carboxylic acids is 1. The van der Waals surface area contributed by atoms with Gasteiger partial charge in [-0.05, 0) is 87.3 Å². The summed E-state index contributed by atoms with van der Waals surface area (Å²) in [7, 11) is 0. The van der Waals surface area contributed by atoms with Crippen LogP contribution in [0.1, 0.15) is 56.9 Å². The fourth-order valence-electron chi connectivity index (χ4n) is 8.60. The molecule has 3 saturated heterocycles. The molecule has 4 heteroatoms. The van der Waals surface area contributed by atoms with Crippen LogP contribution in [0.15, 0.2) is 30.3 Å². The van der Waals surface area contributed by atoms with Gasteiger partial charge in [-0.25, -0.2) is 0 Å². The first-order valence-corrected chi connectivity index (χ1v) is 11.7. The van der Waals surface area contributed by atoms with Gasteiger partial charge in [-0.3, -0.25) is 9.18 Å². The maximum absolute atomic E-state index is 14.5. The summed E-state index contributed by atoms with van der Waals surface area (Å²) in [5.74, 6) is 1.37. The van der Waals surface area contributed by atoms with Gasteiger partial charge in [-0.15, -0.1) is 0 Å². The number of halogens is 1. The lowest BCUT2D eigenvalue weighted by atomic mass is 9.38. The number of hydrogen-bond donors (Lipinski definition) is 1. The standard InChI is InChI=1S/C25H33FN2O/c26-17-23-10-18-11-24(14-23,20-4-2-1-3-5-20)16-25(12-18,15-23)22(29)27-21-13-28-8-6-19(21)7-9-28/h1-5,18-19,21H,6-17H2,(H,27,29)/t18?,21-,23+,24-,25?/m0/s1. The van der Waals surface area contributed by atoms with Crippen LogP contribution in [0.3, 0.4) is 0 Å². The molecule has 1 aromatic carbocycles. The van der Waals surface area contributed by atoms with Crippen molar-refractivity contribution in [3.8, 4) is 0 Å². The zero-order valence-electron chi connectivity index (χ0n) is 17.3. The van der Waals surface area contributed by atoms with Gasteiger partial charge >= 0.3 is 0 Å². The van der Waals surface area contributed by atoms with Gasteiger partial charge in [0.05, 0.1) is 12.1 Å². The van der Waals surface area contributed by atoms with E-state index in [1.54, 1.807) is 0 Å². The Morgan fingerprint density at radius 1 is 1.07 bits per heavy atom. The second-order valence-electron chi connectivity index (χ2n) is 11.3. The molecule has 4 saturated carbocycles. The first-order chi connectivity index (χ1) is 14.0. The van der Waals surface area contributed by atoms with Crippen molar-refractivity contribution in [2.45, 2.75) is 62.8 Å². The highest BCUT2D eigenvalue weighted by Gasteiger charge is 2.66. The van der Waals surface area contributed by atoms with E-state index in [0.717, 1.165) is 45.1 Å². The van der Waals surface area contributed by atoms with E-state index in [9.17, 15) is 9.18 Å². The molecule has 7 fully saturated rings. The number of nitrogens with one attached hydrogen (secondary N) is 1. The monoisotopic (exact) mass is 396 g/mol. The molecule has 7 aliphatic rings. The van der Waals surface area contributed by atoms with E-state index in [-0.39, 0.29) is 28.8 Å². The van der Waals surface area contributed by atoms with Gasteiger partial charge in [-0.2, -0.15) is 0 Å². The summed E-state index contributed by atoms with van der Waals surface area (Å²) < 4.78 is 14.5. The van der Waals surface area contributed by atoms with E-state index < -0.39 is 0 Å². The molecule has 2 unspecified atom stereocenters. The van der Waals surface area contributed by atoms with E-state index in [1.165, 1.54) is 31.5 Å². The molecule has 0 aromatic heterocycles. The number of carbonyl (C=O) groups is 1. The third-order valence-electron chi connectivity index (χ3n) is 9.31. The Kier molecular flexibility index (Phi) is 3.98. The van der Waals surface area contributed by atoms with Crippen LogP contribution in [0.25, 0.3) is 0 Å². The van der Waals surface area contributed by atoms with Crippen LogP contribution in [-0.2, 0) is 10.2 Å². The largest absolute Gasteiger partial charge is 0.351 e. The third-order valence-corrected chi connectivity index (χ3v) is 9.31. The summed E-state index contributed by atoms with van der Waals surface area (Å²) in [5, 5.41) is 3.51. The van der Waals surface area contributed by atoms with Gasteiger partial charge in [-0.1, -0.05) is 30.3 Å². The molecule has 1 amide bonds. The topological polar surface area (TPSA) is 32.3 Å². The highest BCUT2D eigenvalue weighted by molar-refractivity contribution is 5.84. The number of rotatable bonds is 4. The molecular weight excluding hydrogens is 363 g/mol. The third kappa shape index (κ3) is 2.74. The smallest absolute Gasteiger partial charge is 0.226 e. The van der Waals surface area contributed by atoms with Crippen LogP contribution >= 0.6 is 0 Å². The van der Waals surface area contributed by atoms with Crippen molar-refractivity contribution in [2.24, 2.45) is 22.7 Å². The number of piperidine rings is 3. The fourth-order valence-corrected chi connectivity index (χ4v) is 8.60. The van der Waals surface area contributed by atoms with Crippen LogP contribution in [0.5, 0.6) is 0 Å². The molecule has 1 aromatic rings. The summed E-state index contributed by atoms with van der Waals surface area (Å²) >= 11 is 0. The van der Waals surface area contributed by atoms with E-state index in [1.807, 2.05) is 0 Å².